The fourth-order valence-corrected chi connectivity index (χ4v) is 5.79. The van der Waals surface area contributed by atoms with E-state index in [-0.39, 0.29) is 36.2 Å². The van der Waals surface area contributed by atoms with Crippen molar-refractivity contribution in [3.8, 4) is 0 Å². The van der Waals surface area contributed by atoms with Crippen LogP contribution >= 0.6 is 11.6 Å². The second kappa shape index (κ2) is 15.6. The fraction of sp³-hybridized carbons (Fsp3) is 0.355. The van der Waals surface area contributed by atoms with Gasteiger partial charge in [-0.3, -0.25) is 9.59 Å². The molecule has 0 spiro atoms. The van der Waals surface area contributed by atoms with E-state index in [1.807, 2.05) is 48.5 Å². The molecule has 9 heteroatoms. The van der Waals surface area contributed by atoms with E-state index >= 15 is 0 Å². The minimum absolute atomic E-state index is 0.0760. The third-order valence-electron chi connectivity index (χ3n) is 6.71. The molecular weight excluding hydrogens is 546 g/mol. The lowest BCUT2D eigenvalue weighted by Gasteiger charge is -2.32. The van der Waals surface area contributed by atoms with Gasteiger partial charge in [0.05, 0.1) is 4.90 Å². The number of nitrogens with zero attached hydrogens (tertiary/aromatic N) is 2. The smallest absolute Gasteiger partial charge is 0.243 e. The fourth-order valence-electron chi connectivity index (χ4n) is 4.36. The molecule has 3 aromatic carbocycles. The van der Waals surface area contributed by atoms with E-state index in [1.54, 1.807) is 41.3 Å². The molecular formula is C31H38ClN3O4S. The first-order valence-corrected chi connectivity index (χ1v) is 15.4. The van der Waals surface area contributed by atoms with Crippen molar-refractivity contribution in [2.24, 2.45) is 0 Å². The number of carbonyl (C=O) groups is 2. The van der Waals surface area contributed by atoms with Crippen LogP contribution in [0.3, 0.4) is 0 Å². The summed E-state index contributed by atoms with van der Waals surface area (Å²) in [6.45, 7) is 2.90. The van der Waals surface area contributed by atoms with Gasteiger partial charge in [0.25, 0.3) is 0 Å². The van der Waals surface area contributed by atoms with Crippen LogP contribution in [0, 0.1) is 0 Å². The van der Waals surface area contributed by atoms with Crippen molar-refractivity contribution >= 4 is 33.4 Å². The van der Waals surface area contributed by atoms with Gasteiger partial charge in [0, 0.05) is 44.5 Å². The summed E-state index contributed by atoms with van der Waals surface area (Å²) in [5.41, 5.74) is 1.67. The molecule has 3 aromatic rings. The molecule has 214 valence electrons. The Hall–Kier alpha value is -3.20. The van der Waals surface area contributed by atoms with E-state index in [9.17, 15) is 18.0 Å². The predicted octanol–water partition coefficient (Wildman–Crippen LogP) is 5.30. The van der Waals surface area contributed by atoms with E-state index in [1.165, 1.54) is 11.4 Å². The van der Waals surface area contributed by atoms with Crippen molar-refractivity contribution in [2.45, 2.75) is 56.5 Å². The van der Waals surface area contributed by atoms with Gasteiger partial charge in [-0.15, -0.1) is 0 Å². The van der Waals surface area contributed by atoms with Crippen LogP contribution in [0.2, 0.25) is 5.02 Å². The summed E-state index contributed by atoms with van der Waals surface area (Å²) < 4.78 is 27.1. The van der Waals surface area contributed by atoms with Gasteiger partial charge >= 0.3 is 0 Å². The SMILES string of the molecule is CCCCNC(=O)[C@@H](Cc1ccccc1)N(Cc1ccccc1Cl)C(=O)CCCN(C)S(=O)(=O)c1ccccc1. The molecule has 1 atom stereocenters. The van der Waals surface area contributed by atoms with Crippen LogP contribution in [-0.2, 0) is 32.6 Å². The third-order valence-corrected chi connectivity index (χ3v) is 8.95. The van der Waals surface area contributed by atoms with Crippen molar-refractivity contribution in [1.29, 1.82) is 0 Å². The molecule has 0 aliphatic heterocycles. The van der Waals surface area contributed by atoms with Crippen LogP contribution in [-0.4, -0.2) is 55.6 Å². The van der Waals surface area contributed by atoms with Crippen molar-refractivity contribution in [3.63, 3.8) is 0 Å². The van der Waals surface area contributed by atoms with E-state index < -0.39 is 16.1 Å². The Balaban J connectivity index is 1.82. The Labute approximate surface area is 243 Å². The van der Waals surface area contributed by atoms with Crippen LogP contribution < -0.4 is 5.32 Å². The van der Waals surface area contributed by atoms with Crippen LogP contribution in [0.4, 0.5) is 0 Å². The molecule has 0 aromatic heterocycles. The molecule has 0 aliphatic carbocycles. The summed E-state index contributed by atoms with van der Waals surface area (Å²) in [6.07, 6.45) is 2.50. The van der Waals surface area contributed by atoms with Crippen molar-refractivity contribution in [1.82, 2.24) is 14.5 Å². The predicted molar refractivity (Wildman–Crippen MR) is 159 cm³/mol. The minimum Gasteiger partial charge on any atom is -0.354 e. The average molecular weight is 584 g/mol. The molecule has 0 unspecified atom stereocenters. The van der Waals surface area contributed by atoms with Gasteiger partial charge in [0.1, 0.15) is 6.04 Å². The maximum atomic E-state index is 13.8. The first kappa shape index (κ1) is 31.3. The summed E-state index contributed by atoms with van der Waals surface area (Å²) in [6, 6.07) is 24.3. The first-order chi connectivity index (χ1) is 19.2. The molecule has 2 amide bonds. The van der Waals surface area contributed by atoms with Crippen LogP contribution in [0.15, 0.2) is 89.8 Å². The highest BCUT2D eigenvalue weighted by Gasteiger charge is 2.31. The molecule has 0 heterocycles. The Morgan fingerprint density at radius 1 is 0.900 bits per heavy atom. The third kappa shape index (κ3) is 8.91. The maximum absolute atomic E-state index is 13.8. The highest BCUT2D eigenvalue weighted by molar-refractivity contribution is 7.89. The van der Waals surface area contributed by atoms with Gasteiger partial charge in [0.2, 0.25) is 21.8 Å². The Kier molecular flexibility index (Phi) is 12.2. The molecule has 3 rings (SSSR count). The summed E-state index contributed by atoms with van der Waals surface area (Å²) in [5, 5.41) is 3.51. The van der Waals surface area contributed by atoms with Crippen LogP contribution in [0.5, 0.6) is 0 Å². The Morgan fingerprint density at radius 3 is 2.17 bits per heavy atom. The summed E-state index contributed by atoms with van der Waals surface area (Å²) in [5.74, 6) is -0.460. The maximum Gasteiger partial charge on any atom is 0.243 e. The molecule has 7 nitrogen and oxygen atoms in total. The monoisotopic (exact) mass is 583 g/mol. The number of rotatable bonds is 15. The number of nitrogens with one attached hydrogen (secondary N) is 1. The van der Waals surface area contributed by atoms with E-state index in [0.29, 0.717) is 24.4 Å². The molecule has 40 heavy (non-hydrogen) atoms. The largest absolute Gasteiger partial charge is 0.354 e. The standard InChI is InChI=1S/C31H38ClN3O4S/c1-3-4-21-33-31(37)29(23-25-14-7-5-8-15-25)35(24-26-16-11-12-19-28(26)32)30(36)20-13-22-34(2)40(38,39)27-17-9-6-10-18-27/h5-12,14-19,29H,3-4,13,20-24H2,1-2H3,(H,33,37)/t29-/m1/s1. The highest BCUT2D eigenvalue weighted by atomic mass is 35.5. The molecule has 0 radical (unpaired) electrons. The number of halogens is 1. The normalized spacial score (nSPS) is 12.2. The Morgan fingerprint density at radius 2 is 1.52 bits per heavy atom. The van der Waals surface area contributed by atoms with Gasteiger partial charge in [0.15, 0.2) is 0 Å². The molecule has 0 bridgehead atoms. The number of hydrogen-bond acceptors (Lipinski definition) is 4. The van der Waals surface area contributed by atoms with Crippen molar-refractivity contribution in [3.05, 3.63) is 101 Å². The van der Waals surface area contributed by atoms with Gasteiger partial charge in [-0.25, -0.2) is 12.7 Å². The molecule has 0 aliphatic rings. The zero-order valence-corrected chi connectivity index (χ0v) is 24.7. The average Bonchev–Trinajstić information content (AvgIpc) is 2.96. The summed E-state index contributed by atoms with van der Waals surface area (Å²) in [7, 11) is -2.16. The van der Waals surface area contributed by atoms with Crippen LogP contribution in [0.1, 0.15) is 43.7 Å². The molecule has 1 N–H and O–H groups in total. The minimum atomic E-state index is -3.67. The highest BCUT2D eigenvalue weighted by Crippen LogP contribution is 2.22. The molecule has 0 saturated heterocycles. The van der Waals surface area contributed by atoms with Gasteiger partial charge in [-0.1, -0.05) is 91.7 Å². The summed E-state index contributed by atoms with van der Waals surface area (Å²) in [4.78, 5) is 29.0. The molecule has 0 fully saturated rings. The quantitative estimate of drug-likeness (QED) is 0.246. The van der Waals surface area contributed by atoms with Gasteiger partial charge in [-0.2, -0.15) is 0 Å². The van der Waals surface area contributed by atoms with Crippen molar-refractivity contribution < 1.29 is 18.0 Å². The zero-order chi connectivity index (χ0) is 29.0. The second-order valence-corrected chi connectivity index (χ2v) is 12.2. The number of sulfonamides is 1. The van der Waals surface area contributed by atoms with E-state index in [4.69, 9.17) is 11.6 Å². The van der Waals surface area contributed by atoms with Crippen molar-refractivity contribution in [2.75, 3.05) is 20.1 Å². The number of unbranched alkanes of at least 4 members (excludes halogenated alkanes) is 1. The number of benzene rings is 3. The molecule has 0 saturated carbocycles. The second-order valence-electron chi connectivity index (χ2n) is 9.71. The number of hydrogen-bond donors (Lipinski definition) is 1. The lowest BCUT2D eigenvalue weighted by atomic mass is 10.0. The lowest BCUT2D eigenvalue weighted by molar-refractivity contribution is -0.141. The van der Waals surface area contributed by atoms with Crippen LogP contribution in [0.25, 0.3) is 0 Å². The zero-order valence-electron chi connectivity index (χ0n) is 23.1. The Bertz CT molecular complexity index is 1340. The van der Waals surface area contributed by atoms with E-state index in [0.717, 1.165) is 24.0 Å². The number of carbonyl (C=O) groups excluding carboxylic acids is 2. The lowest BCUT2D eigenvalue weighted by Crippen LogP contribution is -2.50. The van der Waals surface area contributed by atoms with Gasteiger partial charge in [-0.05, 0) is 42.2 Å². The van der Waals surface area contributed by atoms with Gasteiger partial charge < -0.3 is 10.2 Å². The number of amides is 2. The summed E-state index contributed by atoms with van der Waals surface area (Å²) >= 11 is 6.46. The first-order valence-electron chi connectivity index (χ1n) is 13.6. The topological polar surface area (TPSA) is 86.8 Å². The van der Waals surface area contributed by atoms with E-state index in [2.05, 4.69) is 12.2 Å².